The molecule has 3 heterocycles. The third kappa shape index (κ3) is 2.11. The highest BCUT2D eigenvalue weighted by molar-refractivity contribution is 5.92. The zero-order valence-corrected chi connectivity index (χ0v) is 10.9. The third-order valence-corrected chi connectivity index (χ3v) is 4.25. The monoisotopic (exact) mass is 263 g/mol. The van der Waals surface area contributed by atoms with Crippen LogP contribution >= 0.6 is 0 Å². The first-order chi connectivity index (χ1) is 9.10. The average Bonchev–Trinajstić information content (AvgIpc) is 2.97. The molecule has 2 saturated heterocycles. The Morgan fingerprint density at radius 2 is 2.21 bits per heavy atom. The van der Waals surface area contributed by atoms with Gasteiger partial charge in [0.2, 0.25) is 11.7 Å². The van der Waals surface area contributed by atoms with Gasteiger partial charge in [0.25, 0.3) is 5.91 Å². The summed E-state index contributed by atoms with van der Waals surface area (Å²) in [5.74, 6) is 0.365. The van der Waals surface area contributed by atoms with Crippen LogP contribution in [0.25, 0.3) is 0 Å². The smallest absolute Gasteiger partial charge is 0.292 e. The molecule has 2 aliphatic rings. The predicted molar refractivity (Wildman–Crippen MR) is 66.4 cm³/mol. The number of rotatable bonds is 1. The van der Waals surface area contributed by atoms with E-state index in [0.29, 0.717) is 25.3 Å². The highest BCUT2D eigenvalue weighted by Gasteiger charge is 2.42. The third-order valence-electron chi connectivity index (χ3n) is 4.25. The van der Waals surface area contributed by atoms with Crippen molar-refractivity contribution in [2.24, 2.45) is 5.41 Å². The summed E-state index contributed by atoms with van der Waals surface area (Å²) < 4.78 is 5.01. The molecule has 2 aliphatic heterocycles. The van der Waals surface area contributed by atoms with Crippen molar-refractivity contribution < 1.29 is 14.1 Å². The number of amides is 2. The number of hydrogen-bond acceptors (Lipinski definition) is 4. The molecule has 0 bridgehead atoms. The molecule has 0 aliphatic carbocycles. The van der Waals surface area contributed by atoms with Gasteiger partial charge in [0.15, 0.2) is 0 Å². The molecule has 0 radical (unpaired) electrons. The number of hydrogen-bond donors (Lipinski definition) is 1. The van der Waals surface area contributed by atoms with Gasteiger partial charge in [0.1, 0.15) is 0 Å². The normalized spacial score (nSPS) is 21.7. The van der Waals surface area contributed by atoms with Crippen molar-refractivity contribution >= 4 is 11.8 Å². The van der Waals surface area contributed by atoms with Gasteiger partial charge in [0.05, 0.1) is 6.20 Å². The molecule has 1 spiro atoms. The van der Waals surface area contributed by atoms with Crippen LogP contribution in [0.1, 0.15) is 35.4 Å². The van der Waals surface area contributed by atoms with Gasteiger partial charge in [-0.1, -0.05) is 5.16 Å². The number of carbonyl (C=O) groups is 2. The number of aryl methyl sites for hydroxylation is 1. The number of carbonyl (C=O) groups excluding carboxylic acids is 2. The van der Waals surface area contributed by atoms with Crippen LogP contribution < -0.4 is 5.32 Å². The molecule has 0 aromatic carbocycles. The Labute approximate surface area is 111 Å². The molecule has 102 valence electrons. The Bertz CT molecular complexity index is 515. The lowest BCUT2D eigenvalue weighted by molar-refractivity contribution is -0.119. The molecule has 0 saturated carbocycles. The van der Waals surface area contributed by atoms with Gasteiger partial charge in [-0.05, 0) is 25.2 Å². The Kier molecular flexibility index (Phi) is 2.80. The van der Waals surface area contributed by atoms with E-state index in [1.54, 1.807) is 11.1 Å². The van der Waals surface area contributed by atoms with Crippen molar-refractivity contribution in [2.75, 3.05) is 19.6 Å². The van der Waals surface area contributed by atoms with Gasteiger partial charge in [0, 0.05) is 31.6 Å². The summed E-state index contributed by atoms with van der Waals surface area (Å²) in [6, 6.07) is 0. The highest BCUT2D eigenvalue weighted by Crippen LogP contribution is 2.37. The molecule has 6 heteroatoms. The van der Waals surface area contributed by atoms with Gasteiger partial charge in [-0.15, -0.1) is 0 Å². The van der Waals surface area contributed by atoms with Crippen LogP contribution in [0, 0.1) is 12.3 Å². The first kappa shape index (κ1) is 12.2. The Morgan fingerprint density at radius 1 is 1.47 bits per heavy atom. The number of piperidine rings is 1. The van der Waals surface area contributed by atoms with Crippen molar-refractivity contribution in [3.63, 3.8) is 0 Å². The molecule has 0 atom stereocenters. The van der Waals surface area contributed by atoms with E-state index in [9.17, 15) is 9.59 Å². The standard InChI is InChI=1S/C13H17N3O3/c1-9-7-15-19-11(9)12(18)16-4-2-13(3-5-16)6-10(17)14-8-13/h7H,2-6,8H2,1H3,(H,14,17). The molecule has 1 N–H and O–H groups in total. The van der Waals surface area contributed by atoms with E-state index in [1.165, 1.54) is 0 Å². The molecule has 1 aromatic heterocycles. The van der Waals surface area contributed by atoms with Crippen molar-refractivity contribution in [1.29, 1.82) is 0 Å². The fourth-order valence-electron chi connectivity index (χ4n) is 2.93. The second-order valence-electron chi connectivity index (χ2n) is 5.58. The molecule has 0 unspecified atom stereocenters. The Morgan fingerprint density at radius 3 is 2.74 bits per heavy atom. The highest BCUT2D eigenvalue weighted by atomic mass is 16.5. The second kappa shape index (κ2) is 4.36. The van der Waals surface area contributed by atoms with E-state index in [2.05, 4.69) is 10.5 Å². The van der Waals surface area contributed by atoms with Crippen LogP contribution in [0.2, 0.25) is 0 Å². The maximum absolute atomic E-state index is 12.3. The van der Waals surface area contributed by atoms with Gasteiger partial charge in [-0.25, -0.2) is 0 Å². The Balaban J connectivity index is 1.66. The summed E-state index contributed by atoms with van der Waals surface area (Å²) in [6.07, 6.45) is 3.88. The van der Waals surface area contributed by atoms with E-state index >= 15 is 0 Å². The van der Waals surface area contributed by atoms with Crippen LogP contribution in [0.5, 0.6) is 0 Å². The lowest BCUT2D eigenvalue weighted by atomic mass is 9.77. The number of likely N-dealkylation sites (tertiary alicyclic amines) is 1. The summed E-state index contributed by atoms with van der Waals surface area (Å²) in [5.41, 5.74) is 0.827. The number of aromatic nitrogens is 1. The molecule has 2 fully saturated rings. The fraction of sp³-hybridized carbons (Fsp3) is 0.615. The quantitative estimate of drug-likeness (QED) is 0.810. The predicted octanol–water partition coefficient (Wildman–Crippen LogP) is 0.725. The Hall–Kier alpha value is -1.85. The van der Waals surface area contributed by atoms with Gasteiger partial charge in [-0.3, -0.25) is 9.59 Å². The van der Waals surface area contributed by atoms with Crippen LogP contribution in [0.15, 0.2) is 10.7 Å². The summed E-state index contributed by atoms with van der Waals surface area (Å²) in [5, 5.41) is 6.53. The molecular weight excluding hydrogens is 246 g/mol. The first-order valence-corrected chi connectivity index (χ1v) is 6.57. The summed E-state index contributed by atoms with van der Waals surface area (Å²) in [6.45, 7) is 3.91. The lowest BCUT2D eigenvalue weighted by Gasteiger charge is -2.37. The fourth-order valence-corrected chi connectivity index (χ4v) is 2.93. The van der Waals surface area contributed by atoms with Gasteiger partial charge in [-0.2, -0.15) is 0 Å². The van der Waals surface area contributed by atoms with Crippen molar-refractivity contribution in [2.45, 2.75) is 26.2 Å². The zero-order chi connectivity index (χ0) is 13.5. The van der Waals surface area contributed by atoms with E-state index < -0.39 is 0 Å². The number of nitrogens with one attached hydrogen (secondary N) is 1. The minimum Gasteiger partial charge on any atom is -0.356 e. The van der Waals surface area contributed by atoms with Crippen molar-refractivity contribution in [1.82, 2.24) is 15.4 Å². The minimum absolute atomic E-state index is 0.0598. The van der Waals surface area contributed by atoms with Crippen molar-refractivity contribution in [3.05, 3.63) is 17.5 Å². The average molecular weight is 263 g/mol. The molecular formula is C13H17N3O3. The first-order valence-electron chi connectivity index (χ1n) is 6.57. The van der Waals surface area contributed by atoms with Crippen LogP contribution in [-0.4, -0.2) is 41.5 Å². The summed E-state index contributed by atoms with van der Waals surface area (Å²) >= 11 is 0. The summed E-state index contributed by atoms with van der Waals surface area (Å²) in [4.78, 5) is 25.4. The summed E-state index contributed by atoms with van der Waals surface area (Å²) in [7, 11) is 0. The van der Waals surface area contributed by atoms with Gasteiger partial charge >= 0.3 is 0 Å². The van der Waals surface area contributed by atoms with Crippen LogP contribution in [0.4, 0.5) is 0 Å². The molecule has 1 aromatic rings. The number of nitrogens with zero attached hydrogens (tertiary/aromatic N) is 2. The maximum Gasteiger partial charge on any atom is 0.292 e. The zero-order valence-electron chi connectivity index (χ0n) is 10.9. The van der Waals surface area contributed by atoms with Crippen LogP contribution in [-0.2, 0) is 4.79 Å². The van der Waals surface area contributed by atoms with E-state index in [-0.39, 0.29) is 17.2 Å². The molecule has 2 amide bonds. The van der Waals surface area contributed by atoms with E-state index in [0.717, 1.165) is 24.9 Å². The topological polar surface area (TPSA) is 75.4 Å². The van der Waals surface area contributed by atoms with E-state index in [4.69, 9.17) is 4.52 Å². The molecule has 6 nitrogen and oxygen atoms in total. The lowest BCUT2D eigenvalue weighted by Crippen LogP contribution is -2.44. The van der Waals surface area contributed by atoms with Crippen LogP contribution in [0.3, 0.4) is 0 Å². The molecule has 19 heavy (non-hydrogen) atoms. The molecule has 3 rings (SSSR count). The van der Waals surface area contributed by atoms with E-state index in [1.807, 2.05) is 6.92 Å². The minimum atomic E-state index is -0.0952. The largest absolute Gasteiger partial charge is 0.356 e. The SMILES string of the molecule is Cc1cnoc1C(=O)N1CCC2(CC1)CNC(=O)C2. The maximum atomic E-state index is 12.3. The van der Waals surface area contributed by atoms with Crippen molar-refractivity contribution in [3.8, 4) is 0 Å². The second-order valence-corrected chi connectivity index (χ2v) is 5.58. The van der Waals surface area contributed by atoms with Gasteiger partial charge < -0.3 is 14.7 Å².